The molecule has 2 aromatic rings. The summed E-state index contributed by atoms with van der Waals surface area (Å²) in [6.07, 6.45) is 4.65. The Bertz CT molecular complexity index is 1000. The van der Waals surface area contributed by atoms with Gasteiger partial charge in [-0.15, -0.1) is 0 Å². The van der Waals surface area contributed by atoms with Gasteiger partial charge < -0.3 is 14.7 Å². The molecule has 0 unspecified atom stereocenters. The number of piperidine rings is 1. The van der Waals surface area contributed by atoms with Crippen LogP contribution in [-0.4, -0.2) is 71.4 Å². The van der Waals surface area contributed by atoms with Crippen LogP contribution in [0.3, 0.4) is 0 Å². The van der Waals surface area contributed by atoms with E-state index in [4.69, 9.17) is 4.98 Å². The van der Waals surface area contributed by atoms with E-state index in [9.17, 15) is 14.0 Å². The number of nitrogens with zero attached hydrogens (tertiary/aromatic N) is 5. The Morgan fingerprint density at radius 2 is 1.97 bits per heavy atom. The highest BCUT2D eigenvalue weighted by atomic mass is 19.1. The molecule has 4 rings (SSSR count). The van der Waals surface area contributed by atoms with Crippen molar-refractivity contribution in [3.63, 3.8) is 0 Å². The lowest BCUT2D eigenvalue weighted by atomic mass is 9.88. The average Bonchev–Trinajstić information content (AvgIpc) is 3.23. The Morgan fingerprint density at radius 1 is 1.22 bits per heavy atom. The first kappa shape index (κ1) is 22.2. The van der Waals surface area contributed by atoms with Crippen molar-refractivity contribution in [2.45, 2.75) is 44.6 Å². The lowest BCUT2D eigenvalue weighted by molar-refractivity contribution is -0.143. The number of rotatable bonds is 5. The average molecular weight is 440 g/mol. The van der Waals surface area contributed by atoms with E-state index >= 15 is 0 Å². The third-order valence-electron chi connectivity index (χ3n) is 6.47. The smallest absolute Gasteiger partial charge is 0.245 e. The van der Waals surface area contributed by atoms with Crippen molar-refractivity contribution in [1.82, 2.24) is 19.8 Å². The van der Waals surface area contributed by atoms with E-state index in [1.54, 1.807) is 17.2 Å². The largest absolute Gasteiger partial charge is 0.347 e. The summed E-state index contributed by atoms with van der Waals surface area (Å²) in [7, 11) is 3.78. The van der Waals surface area contributed by atoms with Crippen molar-refractivity contribution < 1.29 is 14.0 Å². The molecule has 32 heavy (non-hydrogen) atoms. The highest BCUT2D eigenvalue weighted by molar-refractivity contribution is 5.88. The first-order valence-corrected chi connectivity index (χ1v) is 11.2. The van der Waals surface area contributed by atoms with E-state index in [-0.39, 0.29) is 23.5 Å². The molecule has 2 saturated heterocycles. The summed E-state index contributed by atoms with van der Waals surface area (Å²) in [5, 5.41) is 0. The van der Waals surface area contributed by atoms with Crippen LogP contribution in [-0.2, 0) is 9.59 Å². The molecule has 1 atom stereocenters. The molecule has 0 radical (unpaired) electrons. The molecular formula is C24H30FN5O2. The van der Waals surface area contributed by atoms with Crippen LogP contribution in [0.2, 0.25) is 0 Å². The van der Waals surface area contributed by atoms with Crippen molar-refractivity contribution in [1.29, 1.82) is 0 Å². The van der Waals surface area contributed by atoms with Crippen LogP contribution >= 0.6 is 0 Å². The van der Waals surface area contributed by atoms with Crippen LogP contribution in [0.1, 0.15) is 44.2 Å². The summed E-state index contributed by atoms with van der Waals surface area (Å²) in [5.74, 6) is 0.539. The van der Waals surface area contributed by atoms with Crippen LogP contribution in [0.25, 0.3) is 11.1 Å². The number of benzene rings is 1. The molecule has 0 aliphatic carbocycles. The molecular weight excluding hydrogens is 409 g/mol. The lowest BCUT2D eigenvalue weighted by Crippen LogP contribution is -2.49. The van der Waals surface area contributed by atoms with Gasteiger partial charge in [0.25, 0.3) is 0 Å². The zero-order chi connectivity index (χ0) is 22.8. The molecule has 8 heteroatoms. The van der Waals surface area contributed by atoms with Gasteiger partial charge in [0, 0.05) is 57.8 Å². The molecule has 7 nitrogen and oxygen atoms in total. The van der Waals surface area contributed by atoms with Gasteiger partial charge in [-0.25, -0.2) is 14.4 Å². The first-order chi connectivity index (χ1) is 15.3. The van der Waals surface area contributed by atoms with Gasteiger partial charge in [-0.05, 0) is 43.9 Å². The molecule has 0 N–H and O–H groups in total. The maximum absolute atomic E-state index is 13.9. The number of halogens is 1. The summed E-state index contributed by atoms with van der Waals surface area (Å²) in [6.45, 7) is 3.71. The van der Waals surface area contributed by atoms with Crippen LogP contribution in [0.4, 0.5) is 10.3 Å². The Kier molecular flexibility index (Phi) is 6.39. The maximum atomic E-state index is 13.9. The second-order valence-electron chi connectivity index (χ2n) is 8.84. The zero-order valence-corrected chi connectivity index (χ0v) is 18.9. The SMILES string of the molecule is C[C@@H](C(=O)N1CCC(c2nc(N(C)C)ncc2-c2cccc(F)c2)CC1)N1CCCC1=O. The topological polar surface area (TPSA) is 69.6 Å². The number of hydrogen-bond donors (Lipinski definition) is 0. The second-order valence-corrected chi connectivity index (χ2v) is 8.84. The van der Waals surface area contributed by atoms with Crippen molar-refractivity contribution in [3.8, 4) is 11.1 Å². The number of carbonyl (C=O) groups excluding carboxylic acids is 2. The molecule has 2 amide bonds. The molecule has 170 valence electrons. The molecule has 3 heterocycles. The minimum absolute atomic E-state index is 0.0146. The molecule has 1 aromatic heterocycles. The van der Waals surface area contributed by atoms with Crippen LogP contribution in [0.15, 0.2) is 30.5 Å². The fraction of sp³-hybridized carbons (Fsp3) is 0.500. The highest BCUT2D eigenvalue weighted by Gasteiger charge is 2.34. The van der Waals surface area contributed by atoms with Crippen molar-refractivity contribution >= 4 is 17.8 Å². The molecule has 2 aliphatic rings. The maximum Gasteiger partial charge on any atom is 0.245 e. The van der Waals surface area contributed by atoms with E-state index in [0.29, 0.717) is 32.0 Å². The predicted molar refractivity (Wildman–Crippen MR) is 121 cm³/mol. The predicted octanol–water partition coefficient (Wildman–Crippen LogP) is 3.07. The molecule has 0 saturated carbocycles. The summed E-state index contributed by atoms with van der Waals surface area (Å²) in [6, 6.07) is 6.08. The van der Waals surface area contributed by atoms with E-state index in [0.717, 1.165) is 36.1 Å². The quantitative estimate of drug-likeness (QED) is 0.716. The second kappa shape index (κ2) is 9.22. The third kappa shape index (κ3) is 4.45. The normalized spacial score (nSPS) is 18.2. The fourth-order valence-corrected chi connectivity index (χ4v) is 4.64. The Balaban J connectivity index is 1.53. The van der Waals surface area contributed by atoms with E-state index < -0.39 is 6.04 Å². The van der Waals surface area contributed by atoms with Crippen molar-refractivity contribution in [3.05, 3.63) is 42.0 Å². The van der Waals surface area contributed by atoms with Gasteiger partial charge in [-0.2, -0.15) is 0 Å². The summed E-state index contributed by atoms with van der Waals surface area (Å²) in [4.78, 5) is 39.7. The van der Waals surface area contributed by atoms with Gasteiger partial charge in [0.15, 0.2) is 0 Å². The number of aromatic nitrogens is 2. The van der Waals surface area contributed by atoms with E-state index in [2.05, 4.69) is 4.98 Å². The summed E-state index contributed by atoms with van der Waals surface area (Å²) < 4.78 is 13.9. The van der Waals surface area contributed by atoms with E-state index in [1.165, 1.54) is 12.1 Å². The Labute approximate surface area is 188 Å². The number of amides is 2. The van der Waals surface area contributed by atoms with Crippen molar-refractivity contribution in [2.24, 2.45) is 0 Å². The first-order valence-electron chi connectivity index (χ1n) is 11.2. The lowest BCUT2D eigenvalue weighted by Gasteiger charge is -2.36. The number of carbonyl (C=O) groups is 2. The van der Waals surface area contributed by atoms with Gasteiger partial charge in [-0.3, -0.25) is 9.59 Å². The third-order valence-corrected chi connectivity index (χ3v) is 6.47. The van der Waals surface area contributed by atoms with Gasteiger partial charge in [0.2, 0.25) is 17.8 Å². The van der Waals surface area contributed by atoms with Gasteiger partial charge in [0.1, 0.15) is 11.9 Å². The standard InChI is InChI=1S/C24H30FN5O2/c1-16(30-11-5-8-21(30)31)23(32)29-12-9-17(10-13-29)22-20(15-26-24(27-22)28(2)3)18-6-4-7-19(25)14-18/h4,6-7,14-17H,5,8-13H2,1-3H3/t16-/m0/s1. The molecule has 0 bridgehead atoms. The monoisotopic (exact) mass is 439 g/mol. The van der Waals surface area contributed by atoms with Gasteiger partial charge >= 0.3 is 0 Å². The highest BCUT2D eigenvalue weighted by Crippen LogP contribution is 2.35. The number of anilines is 1. The van der Waals surface area contributed by atoms with Crippen LogP contribution in [0, 0.1) is 5.82 Å². The molecule has 2 aliphatic heterocycles. The number of hydrogen-bond acceptors (Lipinski definition) is 5. The summed E-state index contributed by atoms with van der Waals surface area (Å²) >= 11 is 0. The minimum Gasteiger partial charge on any atom is -0.347 e. The molecule has 2 fully saturated rings. The van der Waals surface area contributed by atoms with E-state index in [1.807, 2.05) is 36.9 Å². The van der Waals surface area contributed by atoms with Crippen molar-refractivity contribution in [2.75, 3.05) is 38.6 Å². The molecule has 0 spiro atoms. The van der Waals surface area contributed by atoms with Gasteiger partial charge in [0.05, 0.1) is 5.69 Å². The molecule has 1 aromatic carbocycles. The summed E-state index contributed by atoms with van der Waals surface area (Å²) in [5.41, 5.74) is 2.48. The Hall–Kier alpha value is -3.03. The van der Waals surface area contributed by atoms with Crippen LogP contribution in [0.5, 0.6) is 0 Å². The Morgan fingerprint density at radius 3 is 2.59 bits per heavy atom. The number of likely N-dealkylation sites (tertiary alicyclic amines) is 2. The van der Waals surface area contributed by atoms with Crippen LogP contribution < -0.4 is 4.90 Å². The minimum atomic E-state index is -0.413. The zero-order valence-electron chi connectivity index (χ0n) is 18.9. The fourth-order valence-electron chi connectivity index (χ4n) is 4.64. The van der Waals surface area contributed by atoms with Gasteiger partial charge in [-0.1, -0.05) is 12.1 Å².